The summed E-state index contributed by atoms with van der Waals surface area (Å²) in [5.41, 5.74) is 4.59. The quantitative estimate of drug-likeness (QED) is 0.143. The fourth-order valence-corrected chi connectivity index (χ4v) is 10.5. The number of benzene rings is 4. The second-order valence-electron chi connectivity index (χ2n) is 19.4. The van der Waals surface area contributed by atoms with Crippen LogP contribution >= 0.6 is 0 Å². The van der Waals surface area contributed by atoms with Crippen LogP contribution in [0, 0.1) is 5.92 Å². The van der Waals surface area contributed by atoms with Crippen LogP contribution in [0.25, 0.3) is 27.4 Å². The molecule has 2 aromatic heterocycles. The minimum atomic E-state index is -4.93. The molecule has 0 bridgehead atoms. The fourth-order valence-electron chi connectivity index (χ4n) is 10.5. The Balaban J connectivity index is 0.000000141. The van der Waals surface area contributed by atoms with Gasteiger partial charge < -0.3 is 20.3 Å². The highest BCUT2D eigenvalue weighted by atomic mass is 19.4. The summed E-state index contributed by atoms with van der Waals surface area (Å²) < 4.78 is 79.3. The van der Waals surface area contributed by atoms with E-state index in [4.69, 9.17) is 0 Å². The van der Waals surface area contributed by atoms with Crippen molar-refractivity contribution in [1.29, 1.82) is 0 Å². The molecule has 396 valence electrons. The van der Waals surface area contributed by atoms with Crippen LogP contribution in [-0.2, 0) is 23.6 Å². The highest BCUT2D eigenvalue weighted by Crippen LogP contribution is 2.42. The number of para-hydroxylation sites is 1. The van der Waals surface area contributed by atoms with Crippen LogP contribution in [0.3, 0.4) is 0 Å². The van der Waals surface area contributed by atoms with Gasteiger partial charge in [0.15, 0.2) is 23.1 Å². The number of carbonyl (C=O) groups excluding carboxylic acids is 5. The molecule has 1 saturated heterocycles. The smallest absolute Gasteiger partial charge is 0.387 e. The lowest BCUT2D eigenvalue weighted by Gasteiger charge is -2.40. The maximum Gasteiger partial charge on any atom is 0.433 e. The van der Waals surface area contributed by atoms with Crippen LogP contribution < -0.4 is 5.32 Å². The molecule has 2 aliphatic heterocycles. The van der Waals surface area contributed by atoms with Gasteiger partial charge in [0.2, 0.25) is 5.91 Å². The molecule has 0 spiro atoms. The number of Topliss-reactive ketones (excluding diaryl/α,β-unsaturated/α-hetero) is 2. The number of nitrogens with one attached hydrogen (secondary N) is 2. The molecule has 1 fully saturated rings. The number of likely N-dealkylation sites (N-methyl/N-ethyl adjacent to an activating group) is 1. The van der Waals surface area contributed by atoms with Crippen LogP contribution in [0.5, 0.6) is 0 Å². The number of rotatable bonds is 5. The Morgan fingerprint density at radius 3 is 1.91 bits per heavy atom. The van der Waals surface area contributed by atoms with Crippen LogP contribution in [-0.4, -0.2) is 99.2 Å². The van der Waals surface area contributed by atoms with E-state index >= 15 is 0 Å². The van der Waals surface area contributed by atoms with Gasteiger partial charge in [-0.3, -0.25) is 28.9 Å². The highest BCUT2D eigenvalue weighted by Gasteiger charge is 2.40. The second kappa shape index (κ2) is 22.5. The first-order valence-corrected chi connectivity index (χ1v) is 25.1. The number of aliphatic hydroxyl groups is 1. The summed E-state index contributed by atoms with van der Waals surface area (Å²) >= 11 is 0. The van der Waals surface area contributed by atoms with Crippen LogP contribution in [0.15, 0.2) is 127 Å². The first-order chi connectivity index (χ1) is 36.1. The number of H-pyrrole nitrogens is 1. The number of carbonyl (C=O) groups is 5. The molecule has 5 aliphatic rings. The molecule has 76 heavy (non-hydrogen) atoms. The molecular weight excluding hydrogens is 989 g/mol. The number of hydrogen-bond donors (Lipinski definition) is 3. The molecule has 11 nitrogen and oxygen atoms in total. The number of alkyl halides is 6. The van der Waals surface area contributed by atoms with Gasteiger partial charge in [-0.15, -0.1) is 0 Å². The van der Waals surface area contributed by atoms with Gasteiger partial charge in [0, 0.05) is 87.6 Å². The van der Waals surface area contributed by atoms with E-state index in [9.17, 15) is 55.4 Å². The number of ketones is 4. The zero-order valence-electron chi connectivity index (χ0n) is 42.5. The van der Waals surface area contributed by atoms with E-state index in [2.05, 4.69) is 71.6 Å². The summed E-state index contributed by atoms with van der Waals surface area (Å²) in [6.45, 7) is 10.4. The molecule has 0 radical (unpaired) electrons. The number of aromatic nitrogens is 2. The van der Waals surface area contributed by atoms with Crippen molar-refractivity contribution < 1.29 is 55.4 Å². The second-order valence-corrected chi connectivity index (χ2v) is 19.4. The van der Waals surface area contributed by atoms with E-state index in [0.29, 0.717) is 64.5 Å². The molecule has 17 heteroatoms. The number of aliphatic hydroxyl groups excluding tert-OH is 1. The van der Waals surface area contributed by atoms with Crippen molar-refractivity contribution in [3.8, 4) is 0 Å². The maximum absolute atomic E-state index is 13.2. The molecule has 4 atom stereocenters. The number of halogens is 6. The molecule has 0 saturated carbocycles. The number of allylic oxidation sites excluding steroid dienone is 4. The van der Waals surface area contributed by atoms with Crippen molar-refractivity contribution in [3.05, 3.63) is 177 Å². The number of nitrogens with zero attached hydrogens (tertiary/aromatic N) is 3. The number of pyridine rings is 1. The third-order valence-electron chi connectivity index (χ3n) is 14.5. The largest absolute Gasteiger partial charge is 0.433 e. The zero-order chi connectivity index (χ0) is 54.8. The van der Waals surface area contributed by atoms with E-state index < -0.39 is 41.3 Å². The molecule has 3 N–H and O–H groups in total. The van der Waals surface area contributed by atoms with Gasteiger partial charge in [0.1, 0.15) is 5.69 Å². The lowest BCUT2D eigenvalue weighted by molar-refractivity contribution is -0.142. The molecule has 4 aromatic carbocycles. The Morgan fingerprint density at radius 1 is 0.776 bits per heavy atom. The van der Waals surface area contributed by atoms with Gasteiger partial charge in [0.05, 0.1) is 23.1 Å². The number of aromatic amines is 1. The first-order valence-electron chi connectivity index (χ1n) is 25.1. The predicted molar refractivity (Wildman–Crippen MR) is 278 cm³/mol. The summed E-state index contributed by atoms with van der Waals surface area (Å²) in [5, 5.41) is 14.8. The highest BCUT2D eigenvalue weighted by molar-refractivity contribution is 6.25. The molecule has 1 amide bonds. The van der Waals surface area contributed by atoms with Crippen molar-refractivity contribution in [2.24, 2.45) is 5.92 Å². The van der Waals surface area contributed by atoms with Crippen LogP contribution in [0.4, 0.5) is 26.3 Å². The minimum Gasteiger partial charge on any atom is -0.387 e. The minimum absolute atomic E-state index is 0.0445. The van der Waals surface area contributed by atoms with E-state index in [0.717, 1.165) is 45.0 Å². The SMILES string of the molecule is CC1=CC(=O)c2ccccc2C1=O.CC1=CC(=O)c2ccccc2C1=O.CCN(CC)C(=O)[C@@H]1C=C2c3cccc4[nH]cc(c34)C[C@H]2N(C)C1.OC(c1cc(C(F)(F)F)nc2c(C(F)(F)F)cccc12)C1CCCCN1. The average molecular weight is 1050 g/mol. The lowest BCUT2D eigenvalue weighted by Crippen LogP contribution is -2.47. The molecule has 3 aliphatic carbocycles. The summed E-state index contributed by atoms with van der Waals surface area (Å²) in [4.78, 5) is 69.7. The first kappa shape index (κ1) is 54.9. The third kappa shape index (κ3) is 11.3. The number of hydrogen-bond acceptors (Lipinski definition) is 9. The molecule has 4 heterocycles. The molecular formula is C59H57F6N5O6. The van der Waals surface area contributed by atoms with Crippen LogP contribution in [0.1, 0.15) is 122 Å². The monoisotopic (exact) mass is 1050 g/mol. The molecule has 11 rings (SSSR count). The Bertz CT molecular complexity index is 3260. The molecule has 6 aromatic rings. The van der Waals surface area contributed by atoms with Crippen molar-refractivity contribution >= 4 is 56.4 Å². The average Bonchev–Trinajstić information content (AvgIpc) is 3.86. The van der Waals surface area contributed by atoms with E-state index in [-0.39, 0.29) is 45.9 Å². The summed E-state index contributed by atoms with van der Waals surface area (Å²) in [6.07, 6.45) is -0.799. The van der Waals surface area contributed by atoms with E-state index in [1.54, 1.807) is 62.4 Å². The number of fused-ring (bicyclic) bond motifs is 5. The molecule has 2 unspecified atom stereocenters. The zero-order valence-corrected chi connectivity index (χ0v) is 42.5. The predicted octanol–water partition coefficient (Wildman–Crippen LogP) is 11.4. The summed E-state index contributed by atoms with van der Waals surface area (Å²) in [5.74, 6) is -0.0347. The maximum atomic E-state index is 13.2. The van der Waals surface area contributed by atoms with Crippen molar-refractivity contribution in [2.45, 2.75) is 83.9 Å². The van der Waals surface area contributed by atoms with E-state index in [1.807, 2.05) is 4.90 Å². The van der Waals surface area contributed by atoms with Gasteiger partial charge in [-0.25, -0.2) is 4.98 Å². The summed E-state index contributed by atoms with van der Waals surface area (Å²) in [6, 6.07) is 23.8. The lowest BCUT2D eigenvalue weighted by atomic mass is 9.79. The topological polar surface area (TPSA) is 153 Å². The fraction of sp³-hybridized carbons (Fsp3) is 0.322. The normalized spacial score (nSPS) is 19.5. The summed E-state index contributed by atoms with van der Waals surface area (Å²) in [7, 11) is 2.15. The van der Waals surface area contributed by atoms with Gasteiger partial charge in [-0.1, -0.05) is 85.3 Å². The number of piperidine rings is 1. The standard InChI is InChI=1S/C20H25N3O.C17H16F6N2O.2C11H8O2/c1-4-23(5-2)20(24)14-9-16-15-7-6-8-17-19(15)13(11-21-17)10-18(16)22(3)12-14;18-16(19,20)11-5-3-4-9-10(15(26)12-6-1-2-7-24-12)8-13(17(21,22)23)25-14(9)11;2*1-7-6-10(12)8-4-2-3-5-9(8)11(7)13/h6-9,11,14,18,21H,4-5,10,12H2,1-3H3;3-5,8,12,15,24,26H,1-2,6-7H2;2*2-6H,1H3/t14-,18-;;;/m1.../s1. The number of amides is 1. The van der Waals surface area contributed by atoms with Gasteiger partial charge in [-0.2, -0.15) is 26.3 Å². The Morgan fingerprint density at radius 2 is 1.36 bits per heavy atom. The van der Waals surface area contributed by atoms with Crippen LogP contribution in [0.2, 0.25) is 0 Å². The Labute approximate surface area is 435 Å². The van der Waals surface area contributed by atoms with Gasteiger partial charge >= 0.3 is 12.4 Å². The Hall–Kier alpha value is -7.34. The van der Waals surface area contributed by atoms with Crippen molar-refractivity contribution in [2.75, 3.05) is 33.2 Å². The van der Waals surface area contributed by atoms with Gasteiger partial charge in [0.25, 0.3) is 0 Å². The van der Waals surface area contributed by atoms with Crippen molar-refractivity contribution in [3.63, 3.8) is 0 Å². The van der Waals surface area contributed by atoms with E-state index in [1.165, 1.54) is 45.8 Å². The van der Waals surface area contributed by atoms with Gasteiger partial charge in [-0.05, 0) is 113 Å². The Kier molecular flexibility index (Phi) is 16.2. The third-order valence-corrected chi connectivity index (χ3v) is 14.5. The van der Waals surface area contributed by atoms with Crippen molar-refractivity contribution in [1.82, 2.24) is 25.1 Å².